The predicted molar refractivity (Wildman–Crippen MR) is 104 cm³/mol. The Labute approximate surface area is 154 Å². The van der Waals surface area contributed by atoms with Crippen molar-refractivity contribution < 1.29 is 20.1 Å². The number of aliphatic carboxylic acids is 1. The molecule has 0 spiro atoms. The maximum Gasteiger partial charge on any atom is 0.305 e. The van der Waals surface area contributed by atoms with Gasteiger partial charge in [-0.25, -0.2) is 0 Å². The fraction of sp³-hybridized carbons (Fsp3) is 0.857. The van der Waals surface area contributed by atoms with Crippen LogP contribution in [0, 0.1) is 11.8 Å². The van der Waals surface area contributed by atoms with E-state index in [0.717, 1.165) is 12.8 Å². The van der Waals surface area contributed by atoms with E-state index in [9.17, 15) is 15.0 Å². The van der Waals surface area contributed by atoms with E-state index < -0.39 is 17.7 Å². The lowest BCUT2D eigenvalue weighted by atomic mass is 9.81. The number of carboxylic acid groups (broad SMARTS) is 1. The van der Waals surface area contributed by atoms with Crippen molar-refractivity contribution >= 4 is 5.97 Å². The molecule has 0 saturated carbocycles. The smallest absolute Gasteiger partial charge is 0.305 e. The lowest BCUT2D eigenvalue weighted by molar-refractivity contribution is -0.140. The third kappa shape index (κ3) is 10.0. The molecule has 0 aromatic carbocycles. The molecule has 148 valence electrons. The van der Waals surface area contributed by atoms with Gasteiger partial charge in [-0.2, -0.15) is 0 Å². The second kappa shape index (κ2) is 12.5. The van der Waals surface area contributed by atoms with Gasteiger partial charge in [-0.15, -0.1) is 0 Å². The summed E-state index contributed by atoms with van der Waals surface area (Å²) in [7, 11) is 0. The van der Waals surface area contributed by atoms with E-state index in [-0.39, 0.29) is 12.3 Å². The molecule has 4 heteroatoms. The Morgan fingerprint density at radius 3 is 2.20 bits per heavy atom. The minimum absolute atomic E-state index is 0.216. The first-order valence-corrected chi connectivity index (χ1v) is 10.0. The Morgan fingerprint density at radius 1 is 1.12 bits per heavy atom. The zero-order valence-electron chi connectivity index (χ0n) is 16.9. The highest BCUT2D eigenvalue weighted by Gasteiger charge is 2.30. The van der Waals surface area contributed by atoms with Crippen molar-refractivity contribution in [1.29, 1.82) is 0 Å². The Hall–Kier alpha value is -0.870. The molecule has 4 nitrogen and oxygen atoms in total. The summed E-state index contributed by atoms with van der Waals surface area (Å²) in [4.78, 5) is 10.8. The molecule has 0 saturated heterocycles. The Kier molecular flexibility index (Phi) is 12.0. The second-order valence-electron chi connectivity index (χ2n) is 7.61. The monoisotopic (exact) mass is 356 g/mol. The summed E-state index contributed by atoms with van der Waals surface area (Å²) in [5, 5.41) is 30.0. The van der Waals surface area contributed by atoms with Gasteiger partial charge < -0.3 is 15.3 Å². The quantitative estimate of drug-likeness (QED) is 0.386. The average Bonchev–Trinajstić information content (AvgIpc) is 2.55. The third-order valence-electron chi connectivity index (χ3n) is 5.35. The standard InChI is InChI=1S/C21H40O4/c1-6-10-11-17(7-2)12-16(5)14-21(25,9-4)15-18(8-3)19(22)13-20(23)24/h14,17-19,22,25H,6-13,15H2,1-5H3,(H,23,24). The van der Waals surface area contributed by atoms with Crippen molar-refractivity contribution in [3.8, 4) is 0 Å². The molecule has 0 aliphatic rings. The largest absolute Gasteiger partial charge is 0.481 e. The number of unbranched alkanes of at least 4 members (excludes halogenated alkanes) is 1. The zero-order valence-corrected chi connectivity index (χ0v) is 16.9. The molecule has 0 rings (SSSR count). The summed E-state index contributed by atoms with van der Waals surface area (Å²) < 4.78 is 0. The molecule has 0 amide bonds. The first kappa shape index (κ1) is 24.1. The van der Waals surface area contributed by atoms with Crippen molar-refractivity contribution in [3.05, 3.63) is 11.6 Å². The highest BCUT2D eigenvalue weighted by atomic mass is 16.4. The average molecular weight is 357 g/mol. The molecular formula is C21H40O4. The van der Waals surface area contributed by atoms with E-state index in [0.29, 0.717) is 25.2 Å². The van der Waals surface area contributed by atoms with Crippen LogP contribution in [0.15, 0.2) is 11.6 Å². The molecule has 3 N–H and O–H groups in total. The number of hydrogen-bond donors (Lipinski definition) is 3. The maximum atomic E-state index is 11.0. The molecular weight excluding hydrogens is 316 g/mol. The molecule has 0 radical (unpaired) electrons. The van der Waals surface area contributed by atoms with Crippen LogP contribution < -0.4 is 0 Å². The fourth-order valence-corrected chi connectivity index (χ4v) is 3.57. The maximum absolute atomic E-state index is 11.0. The summed E-state index contributed by atoms with van der Waals surface area (Å²) in [6, 6.07) is 0. The van der Waals surface area contributed by atoms with Crippen LogP contribution >= 0.6 is 0 Å². The van der Waals surface area contributed by atoms with Gasteiger partial charge in [-0.3, -0.25) is 4.79 Å². The van der Waals surface area contributed by atoms with Gasteiger partial charge in [0.25, 0.3) is 0 Å². The van der Waals surface area contributed by atoms with E-state index in [1.165, 1.54) is 24.8 Å². The van der Waals surface area contributed by atoms with Crippen LogP contribution in [0.1, 0.15) is 92.4 Å². The normalized spacial score (nSPS) is 18.4. The number of carboxylic acids is 1. The van der Waals surface area contributed by atoms with Crippen LogP contribution in [0.2, 0.25) is 0 Å². The number of aliphatic hydroxyl groups is 2. The lowest BCUT2D eigenvalue weighted by Crippen LogP contribution is -2.34. The Morgan fingerprint density at radius 2 is 1.76 bits per heavy atom. The van der Waals surface area contributed by atoms with Crippen molar-refractivity contribution in [1.82, 2.24) is 0 Å². The summed E-state index contributed by atoms with van der Waals surface area (Å²) >= 11 is 0. The number of carbonyl (C=O) groups is 1. The summed E-state index contributed by atoms with van der Waals surface area (Å²) in [5.41, 5.74) is 0.211. The van der Waals surface area contributed by atoms with Crippen molar-refractivity contribution in [2.75, 3.05) is 0 Å². The van der Waals surface area contributed by atoms with Gasteiger partial charge in [0.2, 0.25) is 0 Å². The van der Waals surface area contributed by atoms with Crippen LogP contribution in [0.3, 0.4) is 0 Å². The molecule has 0 bridgehead atoms. The minimum Gasteiger partial charge on any atom is -0.481 e. The van der Waals surface area contributed by atoms with Crippen LogP contribution in [0.4, 0.5) is 0 Å². The number of allylic oxidation sites excluding steroid dienone is 1. The zero-order chi connectivity index (χ0) is 19.5. The van der Waals surface area contributed by atoms with E-state index in [2.05, 4.69) is 20.8 Å². The summed E-state index contributed by atoms with van der Waals surface area (Å²) in [6.45, 7) is 10.4. The highest BCUT2D eigenvalue weighted by Crippen LogP contribution is 2.30. The summed E-state index contributed by atoms with van der Waals surface area (Å²) in [5.74, 6) is -0.566. The second-order valence-corrected chi connectivity index (χ2v) is 7.61. The minimum atomic E-state index is -1.00. The molecule has 0 aromatic heterocycles. The molecule has 4 unspecified atom stereocenters. The molecule has 0 heterocycles. The van der Waals surface area contributed by atoms with Crippen LogP contribution in [-0.2, 0) is 4.79 Å². The van der Waals surface area contributed by atoms with Crippen LogP contribution in [0.5, 0.6) is 0 Å². The van der Waals surface area contributed by atoms with E-state index in [1.807, 2.05) is 19.9 Å². The predicted octanol–water partition coefficient (Wildman–Crippen LogP) is 4.93. The van der Waals surface area contributed by atoms with E-state index in [1.54, 1.807) is 0 Å². The molecule has 0 aliphatic heterocycles. The number of aliphatic hydroxyl groups excluding tert-OH is 1. The van der Waals surface area contributed by atoms with Gasteiger partial charge in [0.1, 0.15) is 0 Å². The first-order chi connectivity index (χ1) is 11.7. The van der Waals surface area contributed by atoms with E-state index in [4.69, 9.17) is 5.11 Å². The molecule has 25 heavy (non-hydrogen) atoms. The van der Waals surface area contributed by atoms with Gasteiger partial charge >= 0.3 is 5.97 Å². The van der Waals surface area contributed by atoms with Gasteiger partial charge in [0, 0.05) is 0 Å². The lowest BCUT2D eigenvalue weighted by Gasteiger charge is -2.31. The van der Waals surface area contributed by atoms with Gasteiger partial charge in [0.15, 0.2) is 0 Å². The number of rotatable bonds is 14. The Bertz CT molecular complexity index is 405. The fourth-order valence-electron chi connectivity index (χ4n) is 3.57. The molecule has 0 aromatic rings. The van der Waals surface area contributed by atoms with Crippen LogP contribution in [0.25, 0.3) is 0 Å². The number of hydrogen-bond acceptors (Lipinski definition) is 3. The van der Waals surface area contributed by atoms with Gasteiger partial charge in [0.05, 0.1) is 18.1 Å². The Balaban J connectivity index is 5.00. The first-order valence-electron chi connectivity index (χ1n) is 10.0. The van der Waals surface area contributed by atoms with Crippen molar-refractivity contribution in [2.24, 2.45) is 11.8 Å². The van der Waals surface area contributed by atoms with Crippen molar-refractivity contribution in [3.63, 3.8) is 0 Å². The van der Waals surface area contributed by atoms with Crippen molar-refractivity contribution in [2.45, 2.75) is 104 Å². The van der Waals surface area contributed by atoms with E-state index >= 15 is 0 Å². The van der Waals surface area contributed by atoms with Gasteiger partial charge in [-0.05, 0) is 38.0 Å². The molecule has 0 fully saturated rings. The topological polar surface area (TPSA) is 77.8 Å². The molecule has 0 aliphatic carbocycles. The highest BCUT2D eigenvalue weighted by molar-refractivity contribution is 5.67. The van der Waals surface area contributed by atoms with Gasteiger partial charge in [-0.1, -0.05) is 71.4 Å². The molecule has 4 atom stereocenters. The summed E-state index contributed by atoms with van der Waals surface area (Å²) in [6.07, 6.45) is 8.19. The van der Waals surface area contributed by atoms with Crippen LogP contribution in [-0.4, -0.2) is 33.0 Å². The SMILES string of the molecule is CCCCC(CC)CC(C)=CC(O)(CC)CC(CC)C(O)CC(=O)O. The third-order valence-corrected chi connectivity index (χ3v) is 5.35.